The Labute approximate surface area is 133 Å². The number of hydrogen-bond acceptors (Lipinski definition) is 4. The fourth-order valence-corrected chi connectivity index (χ4v) is 2.91. The van der Waals surface area contributed by atoms with Crippen molar-refractivity contribution in [1.29, 1.82) is 0 Å². The second kappa shape index (κ2) is 7.98. The number of thioether (sulfide) groups is 1. The van der Waals surface area contributed by atoms with E-state index >= 15 is 0 Å². The van der Waals surface area contributed by atoms with Crippen molar-refractivity contribution in [1.82, 2.24) is 0 Å². The summed E-state index contributed by atoms with van der Waals surface area (Å²) in [6, 6.07) is 3.06. The van der Waals surface area contributed by atoms with Gasteiger partial charge in [0.05, 0.1) is 22.5 Å². The van der Waals surface area contributed by atoms with Crippen LogP contribution in [0.15, 0.2) is 12.1 Å². The number of amides is 1. The molecule has 4 N–H and O–H groups in total. The number of nitrogens with two attached hydrogens (primary N) is 1. The highest BCUT2D eigenvalue weighted by Gasteiger charge is 2.13. The molecule has 20 heavy (non-hydrogen) atoms. The van der Waals surface area contributed by atoms with E-state index in [9.17, 15) is 9.90 Å². The smallest absolute Gasteiger partial charge is 0.225 e. The van der Waals surface area contributed by atoms with Gasteiger partial charge in [0.1, 0.15) is 0 Å². The maximum Gasteiger partial charge on any atom is 0.225 e. The van der Waals surface area contributed by atoms with Crippen LogP contribution in [0.4, 0.5) is 11.4 Å². The second-order valence-corrected chi connectivity index (χ2v) is 6.80. The highest BCUT2D eigenvalue weighted by atomic mass is 35.5. The minimum atomic E-state index is -0.399. The van der Waals surface area contributed by atoms with E-state index in [0.717, 1.165) is 0 Å². The number of hydrogen-bond donors (Lipinski definition) is 3. The lowest BCUT2D eigenvalue weighted by atomic mass is 10.2. The molecular weight excluding hydrogens is 319 g/mol. The van der Waals surface area contributed by atoms with Gasteiger partial charge in [0, 0.05) is 22.4 Å². The molecule has 0 fully saturated rings. The van der Waals surface area contributed by atoms with E-state index < -0.39 is 6.10 Å². The molecule has 0 aliphatic heterocycles. The van der Waals surface area contributed by atoms with E-state index in [1.54, 1.807) is 6.92 Å². The molecule has 1 amide bonds. The highest BCUT2D eigenvalue weighted by molar-refractivity contribution is 7.99. The van der Waals surface area contributed by atoms with Gasteiger partial charge in [0.2, 0.25) is 5.91 Å². The SMILES string of the molecule is CC(O)C(C)SCCC(=O)Nc1c(N)cc(Cl)cc1Cl. The maximum absolute atomic E-state index is 11.8. The minimum Gasteiger partial charge on any atom is -0.397 e. The highest BCUT2D eigenvalue weighted by Crippen LogP contribution is 2.32. The van der Waals surface area contributed by atoms with Crippen molar-refractivity contribution in [2.75, 3.05) is 16.8 Å². The second-order valence-electron chi connectivity index (χ2n) is 4.47. The predicted molar refractivity (Wildman–Crippen MR) is 87.7 cm³/mol. The molecule has 2 unspecified atom stereocenters. The molecule has 7 heteroatoms. The molecule has 112 valence electrons. The zero-order chi connectivity index (χ0) is 15.3. The molecular formula is C13H18Cl2N2O2S. The predicted octanol–water partition coefficient (Wildman–Crippen LogP) is 3.41. The standard InChI is InChI=1S/C13H18Cl2N2O2S/c1-7(18)8(2)20-4-3-12(19)17-13-10(15)5-9(14)6-11(13)16/h5-8,18H,3-4,16H2,1-2H3,(H,17,19). The number of nitrogens with one attached hydrogen (secondary N) is 1. The first kappa shape index (κ1) is 17.4. The largest absolute Gasteiger partial charge is 0.397 e. The van der Waals surface area contributed by atoms with Crippen molar-refractivity contribution in [2.24, 2.45) is 0 Å². The average Bonchev–Trinajstić information content (AvgIpc) is 2.33. The zero-order valence-electron chi connectivity index (χ0n) is 11.3. The molecule has 1 rings (SSSR count). The van der Waals surface area contributed by atoms with Crippen molar-refractivity contribution >= 4 is 52.2 Å². The Kier molecular flexibility index (Phi) is 6.95. The number of carbonyl (C=O) groups excluding carboxylic acids is 1. The lowest BCUT2D eigenvalue weighted by molar-refractivity contribution is -0.115. The summed E-state index contributed by atoms with van der Waals surface area (Å²) in [6.45, 7) is 3.65. The zero-order valence-corrected chi connectivity index (χ0v) is 13.6. The van der Waals surface area contributed by atoms with Crippen molar-refractivity contribution in [2.45, 2.75) is 31.6 Å². The third-order valence-corrected chi connectivity index (χ3v) is 4.61. The molecule has 0 aliphatic rings. The molecule has 0 bridgehead atoms. The van der Waals surface area contributed by atoms with Crippen LogP contribution in [0.1, 0.15) is 20.3 Å². The van der Waals surface area contributed by atoms with Gasteiger partial charge in [-0.1, -0.05) is 30.1 Å². The van der Waals surface area contributed by atoms with Crippen LogP contribution in [0.5, 0.6) is 0 Å². The summed E-state index contributed by atoms with van der Waals surface area (Å²) in [5.41, 5.74) is 6.48. The lowest BCUT2D eigenvalue weighted by Crippen LogP contribution is -2.18. The Morgan fingerprint density at radius 3 is 2.65 bits per heavy atom. The summed E-state index contributed by atoms with van der Waals surface area (Å²) < 4.78 is 0. The quantitative estimate of drug-likeness (QED) is 0.696. The maximum atomic E-state index is 11.8. The number of aliphatic hydroxyl groups excluding tert-OH is 1. The molecule has 1 aromatic carbocycles. The van der Waals surface area contributed by atoms with E-state index in [1.807, 2.05) is 6.92 Å². The first-order valence-electron chi connectivity index (χ1n) is 6.15. The number of carbonyl (C=O) groups is 1. The molecule has 0 saturated heterocycles. The van der Waals surface area contributed by atoms with Crippen LogP contribution in [-0.2, 0) is 4.79 Å². The summed E-state index contributed by atoms with van der Waals surface area (Å²) in [7, 11) is 0. The molecule has 2 atom stereocenters. The fraction of sp³-hybridized carbons (Fsp3) is 0.462. The van der Waals surface area contributed by atoms with Gasteiger partial charge in [-0.15, -0.1) is 0 Å². The van der Waals surface area contributed by atoms with Gasteiger partial charge in [-0.05, 0) is 19.1 Å². The normalized spacial score (nSPS) is 13.8. The van der Waals surface area contributed by atoms with E-state index in [1.165, 1.54) is 23.9 Å². The summed E-state index contributed by atoms with van der Waals surface area (Å²) in [5.74, 6) is 0.439. The van der Waals surface area contributed by atoms with Gasteiger partial charge in [-0.3, -0.25) is 4.79 Å². The van der Waals surface area contributed by atoms with E-state index in [-0.39, 0.29) is 11.2 Å². The van der Waals surface area contributed by atoms with Crippen molar-refractivity contribution in [3.05, 3.63) is 22.2 Å². The first-order chi connectivity index (χ1) is 9.31. The Bertz CT molecular complexity index is 460. The number of anilines is 2. The van der Waals surface area contributed by atoms with Crippen LogP contribution in [0, 0.1) is 0 Å². The summed E-state index contributed by atoms with van der Waals surface area (Å²) >= 11 is 13.3. The number of benzene rings is 1. The van der Waals surface area contributed by atoms with Crippen LogP contribution < -0.4 is 11.1 Å². The number of aliphatic hydroxyl groups is 1. The monoisotopic (exact) mass is 336 g/mol. The molecule has 0 saturated carbocycles. The molecule has 0 aromatic heterocycles. The Morgan fingerprint density at radius 2 is 2.10 bits per heavy atom. The van der Waals surface area contributed by atoms with E-state index in [0.29, 0.717) is 33.6 Å². The van der Waals surface area contributed by atoms with Crippen molar-refractivity contribution < 1.29 is 9.90 Å². The summed E-state index contributed by atoms with van der Waals surface area (Å²) in [4.78, 5) is 11.8. The summed E-state index contributed by atoms with van der Waals surface area (Å²) in [6.07, 6.45) is -0.0791. The number of nitrogen functional groups attached to an aromatic ring is 1. The Morgan fingerprint density at radius 1 is 1.45 bits per heavy atom. The van der Waals surface area contributed by atoms with Crippen LogP contribution in [0.3, 0.4) is 0 Å². The molecule has 0 heterocycles. The molecule has 4 nitrogen and oxygen atoms in total. The van der Waals surface area contributed by atoms with Gasteiger partial charge in [-0.2, -0.15) is 11.8 Å². The van der Waals surface area contributed by atoms with Crippen molar-refractivity contribution in [3.8, 4) is 0 Å². The minimum absolute atomic E-state index is 0.0898. The molecule has 0 aliphatic carbocycles. The molecule has 1 aromatic rings. The van der Waals surface area contributed by atoms with Crippen LogP contribution >= 0.6 is 35.0 Å². The molecule has 0 radical (unpaired) electrons. The van der Waals surface area contributed by atoms with Gasteiger partial charge in [0.25, 0.3) is 0 Å². The van der Waals surface area contributed by atoms with Gasteiger partial charge < -0.3 is 16.2 Å². The van der Waals surface area contributed by atoms with Gasteiger partial charge in [0.15, 0.2) is 0 Å². The van der Waals surface area contributed by atoms with Crippen LogP contribution in [-0.4, -0.2) is 28.1 Å². The Balaban J connectivity index is 2.51. The Hall–Kier alpha value is -0.620. The summed E-state index contributed by atoms with van der Waals surface area (Å²) in [5, 5.41) is 12.9. The lowest BCUT2D eigenvalue weighted by Gasteiger charge is -2.14. The van der Waals surface area contributed by atoms with Crippen LogP contribution in [0.25, 0.3) is 0 Å². The first-order valence-corrected chi connectivity index (χ1v) is 7.95. The van der Waals surface area contributed by atoms with Gasteiger partial charge in [-0.25, -0.2) is 0 Å². The number of halogens is 2. The fourth-order valence-electron chi connectivity index (χ4n) is 1.40. The number of rotatable bonds is 6. The van der Waals surface area contributed by atoms with E-state index in [2.05, 4.69) is 5.32 Å². The van der Waals surface area contributed by atoms with Gasteiger partial charge >= 0.3 is 0 Å². The van der Waals surface area contributed by atoms with Crippen molar-refractivity contribution in [3.63, 3.8) is 0 Å². The third-order valence-electron chi connectivity index (χ3n) is 2.74. The van der Waals surface area contributed by atoms with Crippen LogP contribution in [0.2, 0.25) is 10.0 Å². The average molecular weight is 337 g/mol. The third kappa shape index (κ3) is 5.40. The molecule has 0 spiro atoms. The van der Waals surface area contributed by atoms with E-state index in [4.69, 9.17) is 28.9 Å². The topological polar surface area (TPSA) is 75.3 Å².